The van der Waals surface area contributed by atoms with E-state index in [1.807, 2.05) is 31.3 Å². The Bertz CT molecular complexity index is 389. The van der Waals surface area contributed by atoms with Crippen molar-refractivity contribution in [3.63, 3.8) is 0 Å². The van der Waals surface area contributed by atoms with Gasteiger partial charge in [-0.15, -0.1) is 0 Å². The maximum absolute atomic E-state index is 12.0. The van der Waals surface area contributed by atoms with Gasteiger partial charge in [0.15, 0.2) is 6.10 Å². The van der Waals surface area contributed by atoms with E-state index in [0.717, 1.165) is 30.7 Å². The monoisotopic (exact) mass is 219 g/mol. The van der Waals surface area contributed by atoms with Crippen LogP contribution in [0.4, 0.5) is 5.69 Å². The number of ether oxygens (including phenoxy) is 1. The fourth-order valence-electron chi connectivity index (χ4n) is 1.94. The Morgan fingerprint density at radius 3 is 2.88 bits per heavy atom. The molecule has 2 rings (SSSR count). The van der Waals surface area contributed by atoms with Crippen LogP contribution in [0.5, 0.6) is 5.75 Å². The van der Waals surface area contributed by atoms with Crippen LogP contribution in [0, 0.1) is 0 Å². The summed E-state index contributed by atoms with van der Waals surface area (Å²) in [6.45, 7) is 2.12. The highest BCUT2D eigenvalue weighted by Gasteiger charge is 2.31. The third-order valence-corrected chi connectivity index (χ3v) is 2.92. The highest BCUT2D eigenvalue weighted by atomic mass is 16.5. The summed E-state index contributed by atoms with van der Waals surface area (Å²) in [6, 6.07) is 7.66. The quantitative estimate of drug-likeness (QED) is 0.782. The van der Waals surface area contributed by atoms with E-state index in [2.05, 4.69) is 6.92 Å². The second-order valence-corrected chi connectivity index (χ2v) is 4.11. The lowest BCUT2D eigenvalue weighted by Crippen LogP contribution is -2.43. The third kappa shape index (κ3) is 1.90. The van der Waals surface area contributed by atoms with Crippen molar-refractivity contribution in [2.45, 2.75) is 32.3 Å². The molecule has 0 bridgehead atoms. The van der Waals surface area contributed by atoms with Crippen LogP contribution in [0.3, 0.4) is 0 Å². The van der Waals surface area contributed by atoms with E-state index in [1.54, 1.807) is 4.90 Å². The Morgan fingerprint density at radius 1 is 1.38 bits per heavy atom. The summed E-state index contributed by atoms with van der Waals surface area (Å²) in [5, 5.41) is 0. The van der Waals surface area contributed by atoms with Gasteiger partial charge in [-0.2, -0.15) is 0 Å². The summed E-state index contributed by atoms with van der Waals surface area (Å²) in [5.41, 5.74) is 0.861. The average molecular weight is 219 g/mol. The molecule has 86 valence electrons. The fourth-order valence-corrected chi connectivity index (χ4v) is 1.94. The largest absolute Gasteiger partial charge is 0.478 e. The van der Waals surface area contributed by atoms with Crippen LogP contribution in [0.25, 0.3) is 0 Å². The number of para-hydroxylation sites is 2. The lowest BCUT2D eigenvalue weighted by Gasteiger charge is -2.31. The van der Waals surface area contributed by atoms with E-state index in [4.69, 9.17) is 4.74 Å². The normalized spacial score (nSPS) is 19.2. The van der Waals surface area contributed by atoms with Crippen molar-refractivity contribution >= 4 is 11.6 Å². The lowest BCUT2D eigenvalue weighted by molar-refractivity contribution is -0.126. The Balaban J connectivity index is 2.21. The van der Waals surface area contributed by atoms with Crippen molar-refractivity contribution in [3.05, 3.63) is 24.3 Å². The van der Waals surface area contributed by atoms with Gasteiger partial charge >= 0.3 is 0 Å². The Labute approximate surface area is 96.0 Å². The topological polar surface area (TPSA) is 29.5 Å². The van der Waals surface area contributed by atoms with Crippen LogP contribution in [0.1, 0.15) is 26.2 Å². The van der Waals surface area contributed by atoms with Crippen molar-refractivity contribution in [1.82, 2.24) is 0 Å². The summed E-state index contributed by atoms with van der Waals surface area (Å²) in [4.78, 5) is 13.7. The zero-order valence-corrected chi connectivity index (χ0v) is 9.77. The van der Waals surface area contributed by atoms with E-state index in [-0.39, 0.29) is 12.0 Å². The minimum Gasteiger partial charge on any atom is -0.478 e. The van der Waals surface area contributed by atoms with E-state index >= 15 is 0 Å². The molecule has 0 N–H and O–H groups in total. The van der Waals surface area contributed by atoms with E-state index in [0.29, 0.717) is 0 Å². The smallest absolute Gasteiger partial charge is 0.267 e. The van der Waals surface area contributed by atoms with Crippen molar-refractivity contribution < 1.29 is 9.53 Å². The molecule has 16 heavy (non-hydrogen) atoms. The second-order valence-electron chi connectivity index (χ2n) is 4.11. The summed E-state index contributed by atoms with van der Waals surface area (Å²) in [5.74, 6) is 0.873. The molecular weight excluding hydrogens is 202 g/mol. The molecule has 1 aromatic rings. The highest BCUT2D eigenvalue weighted by molar-refractivity contribution is 5.99. The first-order chi connectivity index (χ1) is 7.74. The second kappa shape index (κ2) is 4.56. The van der Waals surface area contributed by atoms with Gasteiger partial charge in [-0.1, -0.05) is 25.5 Å². The first-order valence-electron chi connectivity index (χ1n) is 5.77. The third-order valence-electron chi connectivity index (χ3n) is 2.92. The molecule has 0 saturated carbocycles. The standard InChI is InChI=1S/C13H17NO2/c1-3-4-8-12-13(15)14(2)10-7-5-6-9-11(10)16-12/h5-7,9,12H,3-4,8H2,1-2H3. The zero-order valence-electron chi connectivity index (χ0n) is 9.77. The summed E-state index contributed by atoms with van der Waals surface area (Å²) >= 11 is 0. The first kappa shape index (κ1) is 11.0. The number of nitrogens with zero attached hydrogens (tertiary/aromatic N) is 1. The van der Waals surface area contributed by atoms with Crippen molar-refractivity contribution in [2.24, 2.45) is 0 Å². The number of carbonyl (C=O) groups is 1. The van der Waals surface area contributed by atoms with Crippen molar-refractivity contribution in [3.8, 4) is 5.75 Å². The molecule has 1 aromatic carbocycles. The van der Waals surface area contributed by atoms with Gasteiger partial charge in [-0.25, -0.2) is 0 Å². The number of hydrogen-bond donors (Lipinski definition) is 0. The number of fused-ring (bicyclic) bond motifs is 1. The first-order valence-corrected chi connectivity index (χ1v) is 5.77. The minimum atomic E-state index is -0.306. The minimum absolute atomic E-state index is 0.0622. The highest BCUT2D eigenvalue weighted by Crippen LogP contribution is 2.33. The number of rotatable bonds is 3. The van der Waals surface area contributed by atoms with Gasteiger partial charge in [0.25, 0.3) is 5.91 Å². The number of benzene rings is 1. The fraction of sp³-hybridized carbons (Fsp3) is 0.462. The number of hydrogen-bond acceptors (Lipinski definition) is 2. The molecule has 1 heterocycles. The molecule has 3 heteroatoms. The Hall–Kier alpha value is -1.51. The Morgan fingerprint density at radius 2 is 2.12 bits per heavy atom. The molecule has 1 aliphatic rings. The number of amides is 1. The van der Waals surface area contributed by atoms with Gasteiger partial charge < -0.3 is 9.64 Å². The van der Waals surface area contributed by atoms with Crippen LogP contribution in [-0.2, 0) is 4.79 Å². The van der Waals surface area contributed by atoms with Gasteiger partial charge in [0.2, 0.25) is 0 Å². The van der Waals surface area contributed by atoms with Crippen LogP contribution in [-0.4, -0.2) is 19.1 Å². The molecule has 3 nitrogen and oxygen atoms in total. The van der Waals surface area contributed by atoms with Gasteiger partial charge in [0.05, 0.1) is 5.69 Å². The summed E-state index contributed by atoms with van der Waals surface area (Å²) < 4.78 is 5.73. The molecule has 1 unspecified atom stereocenters. The van der Waals surface area contributed by atoms with E-state index in [1.165, 1.54) is 0 Å². The predicted molar refractivity (Wildman–Crippen MR) is 63.8 cm³/mol. The molecule has 1 amide bonds. The molecule has 0 fully saturated rings. The van der Waals surface area contributed by atoms with Gasteiger partial charge in [0.1, 0.15) is 5.75 Å². The number of unbranched alkanes of at least 4 members (excludes halogenated alkanes) is 1. The maximum atomic E-state index is 12.0. The van der Waals surface area contributed by atoms with Gasteiger partial charge in [-0.05, 0) is 25.0 Å². The van der Waals surface area contributed by atoms with Crippen molar-refractivity contribution in [1.29, 1.82) is 0 Å². The average Bonchev–Trinajstić information content (AvgIpc) is 2.32. The molecule has 1 atom stereocenters. The molecule has 0 spiro atoms. The lowest BCUT2D eigenvalue weighted by atomic mass is 10.1. The molecular formula is C13H17NO2. The Kier molecular flexibility index (Phi) is 3.13. The van der Waals surface area contributed by atoms with Gasteiger partial charge in [0, 0.05) is 7.05 Å². The van der Waals surface area contributed by atoms with E-state index in [9.17, 15) is 4.79 Å². The zero-order chi connectivity index (χ0) is 11.5. The molecule has 0 saturated heterocycles. The number of carbonyl (C=O) groups excluding carboxylic acids is 1. The molecule has 0 aromatic heterocycles. The number of likely N-dealkylation sites (N-methyl/N-ethyl adjacent to an activating group) is 1. The molecule has 0 radical (unpaired) electrons. The predicted octanol–water partition coefficient (Wildman–Crippen LogP) is 2.60. The van der Waals surface area contributed by atoms with Gasteiger partial charge in [-0.3, -0.25) is 4.79 Å². The van der Waals surface area contributed by atoms with Crippen LogP contribution < -0.4 is 9.64 Å². The molecule has 1 aliphatic heterocycles. The van der Waals surface area contributed by atoms with Crippen LogP contribution >= 0.6 is 0 Å². The SMILES string of the molecule is CCCCC1Oc2ccccc2N(C)C1=O. The molecule has 0 aliphatic carbocycles. The summed E-state index contributed by atoms with van der Waals surface area (Å²) in [6.07, 6.45) is 2.60. The van der Waals surface area contributed by atoms with Crippen LogP contribution in [0.15, 0.2) is 24.3 Å². The van der Waals surface area contributed by atoms with Crippen LogP contribution in [0.2, 0.25) is 0 Å². The maximum Gasteiger partial charge on any atom is 0.267 e. The number of anilines is 1. The summed E-state index contributed by atoms with van der Waals surface area (Å²) in [7, 11) is 1.81. The van der Waals surface area contributed by atoms with E-state index < -0.39 is 0 Å². The van der Waals surface area contributed by atoms with Crippen molar-refractivity contribution in [2.75, 3.05) is 11.9 Å².